The first-order chi connectivity index (χ1) is 19.3. The fourth-order valence-corrected chi connectivity index (χ4v) is 3.55. The first-order valence-electron chi connectivity index (χ1n) is 10.7. The van der Waals surface area contributed by atoms with E-state index in [1.54, 1.807) is 0 Å². The molecule has 5 rings (SSSR count). The van der Waals surface area contributed by atoms with Gasteiger partial charge in [-0.05, 0) is 0 Å². The number of rotatable bonds is 0. The first-order valence-corrected chi connectivity index (χ1v) is 10.7. The lowest BCUT2D eigenvalue weighted by atomic mass is 11.4. The van der Waals surface area contributed by atoms with Gasteiger partial charge in [-0.15, -0.1) is 23.4 Å². The number of hydrogen-bond acceptors (Lipinski definition) is 28. The van der Waals surface area contributed by atoms with E-state index in [1.807, 2.05) is 0 Å². The van der Waals surface area contributed by atoms with Gasteiger partial charge in [-0.3, -0.25) is 0 Å². The van der Waals surface area contributed by atoms with Crippen molar-refractivity contribution in [3.05, 3.63) is 0 Å². The Kier molecular flexibility index (Phi) is 6.94. The van der Waals surface area contributed by atoms with Crippen LogP contribution in [0.4, 0.5) is 0 Å². The molecule has 44 heavy (non-hydrogen) atoms. The summed E-state index contributed by atoms with van der Waals surface area (Å²) < 4.78 is 0. The molecular formula is C4H36N24O16+12. The summed E-state index contributed by atoms with van der Waals surface area (Å²) in [6, 6.07) is 0. The summed E-state index contributed by atoms with van der Waals surface area (Å²) in [6.07, 6.45) is 0. The highest BCUT2D eigenvalue weighted by molar-refractivity contribution is 3.63. The van der Waals surface area contributed by atoms with Crippen LogP contribution >= 0.6 is 0 Å². The highest BCUT2D eigenvalue weighted by atomic mass is 17.7. The maximum atomic E-state index is 5.97. The molecule has 40 nitrogen and oxygen atoms in total. The minimum Gasteiger partial charge on any atom is -0.103 e. The van der Waals surface area contributed by atoms with Crippen LogP contribution in [0.25, 0.3) is 0 Å². The van der Waals surface area contributed by atoms with Crippen LogP contribution in [0, 0.1) is 0 Å². The lowest BCUT2D eigenvalue weighted by Gasteiger charge is -2.37. The predicted molar refractivity (Wildman–Crippen MR) is 94.4 cm³/mol. The zero-order valence-corrected chi connectivity index (χ0v) is 22.8. The topological polar surface area (TPSA) is 460 Å². The molecule has 24 N–H and O–H groups in total. The molecule has 0 radical (unpaired) electrons. The van der Waals surface area contributed by atoms with Gasteiger partial charge in [0.05, 0.1) is 0 Å². The van der Waals surface area contributed by atoms with E-state index in [0.29, 0.717) is 0 Å². The Morgan fingerprint density at radius 2 is 0.318 bits per heavy atom. The van der Waals surface area contributed by atoms with Crippen molar-refractivity contribution in [1.29, 1.82) is 0 Å². The molecule has 5 aliphatic rings. The van der Waals surface area contributed by atoms with Gasteiger partial charge in [0.25, 0.3) is 0 Å². The van der Waals surface area contributed by atoms with E-state index in [2.05, 4.69) is 0 Å². The van der Waals surface area contributed by atoms with Gasteiger partial charge in [0.1, 0.15) is 29.6 Å². The number of fused-ring (bicyclic) bond motifs is 8. The standard InChI is InChI=1S/C4H36N24O16/c1-17(5)29-18(2,6)32-22(10)35-21(9,31-17)37-25(13)41-26(14,38-22)44-28(16)40-24(12)34-20(4,8)30-19(3,7)33-23(11,36-24)39-27(15,42-28)43-25/h5-16H2,1-4H3/q+12. The quantitative estimate of drug-likeness (QED) is 0.0836. The third-order valence-electron chi connectivity index (χ3n) is 4.03. The molecule has 0 aromatic carbocycles. The molecule has 0 spiro atoms. The van der Waals surface area contributed by atoms with E-state index in [1.165, 1.54) is 0 Å². The van der Waals surface area contributed by atoms with Crippen molar-refractivity contribution in [3.8, 4) is 0 Å². The Labute approximate surface area is 239 Å². The van der Waals surface area contributed by atoms with Crippen LogP contribution in [0.3, 0.4) is 0 Å². The van der Waals surface area contributed by atoms with Crippen LogP contribution in [0.1, 0.15) is 0 Å². The molecule has 5 heterocycles. The second kappa shape index (κ2) is 9.05. The van der Waals surface area contributed by atoms with Crippen molar-refractivity contribution < 1.29 is 139 Å². The van der Waals surface area contributed by atoms with Gasteiger partial charge in [0, 0.05) is 0 Å². The molecular weight excluding hydrogens is 640 g/mol. The minimum absolute atomic E-state index is 0.956. The van der Waals surface area contributed by atoms with E-state index >= 15 is 0 Å². The monoisotopic (exact) mass is 676 g/mol. The third kappa shape index (κ3) is 7.04. The van der Waals surface area contributed by atoms with E-state index in [0.717, 1.165) is 28.2 Å². The van der Waals surface area contributed by atoms with Gasteiger partial charge in [-0.25, -0.2) is 0 Å². The molecule has 0 saturated carbocycles. The van der Waals surface area contributed by atoms with Crippen LogP contribution in [-0.2, 0) is 79.0 Å². The van der Waals surface area contributed by atoms with Crippen molar-refractivity contribution in [3.63, 3.8) is 0 Å². The highest BCUT2D eigenvalue weighted by Crippen LogP contribution is 2.38. The lowest BCUT2D eigenvalue weighted by Crippen LogP contribution is -2.91. The van der Waals surface area contributed by atoms with Crippen LogP contribution in [0.5, 0.6) is 0 Å². The summed E-state index contributed by atoms with van der Waals surface area (Å²) in [4.78, 5) is 75.6. The Morgan fingerprint density at radius 3 is 0.455 bits per heavy atom. The number of nitrogens with two attached hydrogens (primary N) is 12. The molecule has 256 valence electrons. The van der Waals surface area contributed by atoms with Crippen LogP contribution in [0.2, 0.25) is 0 Å². The van der Waals surface area contributed by atoms with Crippen molar-refractivity contribution in [2.75, 3.05) is 28.2 Å². The lowest BCUT2D eigenvalue weighted by molar-refractivity contribution is -1.91. The zero-order chi connectivity index (χ0) is 33.3. The number of quaternary nitrogens is 12. The predicted octanol–water partition coefficient (Wildman–Crippen LogP) is -11.6. The molecule has 8 atom stereocenters. The Bertz CT molecular complexity index is 1010. The number of nitrogens with zero attached hydrogens (tertiary/aromatic N) is 12. The van der Waals surface area contributed by atoms with Gasteiger partial charge >= 0.3 is 40.7 Å². The Balaban J connectivity index is 1.63. The zero-order valence-electron chi connectivity index (χ0n) is 22.8. The summed E-state index contributed by atoms with van der Waals surface area (Å²) in [5, 5.41) is -20.3. The average Bonchev–Trinajstić information content (AvgIpc) is 2.53. The van der Waals surface area contributed by atoms with Crippen molar-refractivity contribution >= 4 is 0 Å². The molecule has 0 aromatic rings. The van der Waals surface area contributed by atoms with Gasteiger partial charge in [-0.1, -0.05) is 46.7 Å². The van der Waals surface area contributed by atoms with Crippen LogP contribution in [0.15, 0.2) is 0 Å². The van der Waals surface area contributed by atoms with Gasteiger partial charge in [-0.2, -0.15) is 0 Å². The van der Waals surface area contributed by atoms with E-state index < -0.39 is 60.3 Å². The minimum atomic E-state index is -2.64. The Hall–Kier alpha value is -1.60. The second-order valence-corrected chi connectivity index (χ2v) is 9.26. The van der Waals surface area contributed by atoms with Crippen molar-refractivity contribution in [1.82, 2.24) is 0 Å². The molecule has 8 bridgehead atoms. The SMILES string of the molecule is C[N+]1(N)O[N+](C)(N)O[N+]2(N)O[N+](N)(O1)O[N+]1(N)O[N+](N)(O2)O[N+]2(N)O[N+]3(N)O[N+](C)(N)O[N+](C)(N)O[N+](N)(O3)O[N+](N)(O2)O1. The molecule has 0 amide bonds. The second-order valence-electron chi connectivity index (χ2n) is 9.26. The largest absolute Gasteiger partial charge is 0.360 e. The molecule has 0 aromatic heterocycles. The normalized spacial score (nSPS) is 62.2. The fraction of sp³-hybridized carbons (Fsp3) is 1.00. The molecule has 8 unspecified atom stereocenters. The highest BCUT2D eigenvalue weighted by Gasteiger charge is 2.89. The molecule has 0 aliphatic carbocycles. The molecule has 5 fully saturated rings. The van der Waals surface area contributed by atoms with Gasteiger partial charge in [0.15, 0.2) is 47.9 Å². The average molecular weight is 676 g/mol. The maximum Gasteiger partial charge on any atom is 0.360 e. The summed E-state index contributed by atoms with van der Waals surface area (Å²) in [7, 11) is 3.82. The van der Waals surface area contributed by atoms with Crippen LogP contribution in [-0.4, -0.2) is 88.5 Å². The molecule has 5 aliphatic heterocycles. The van der Waals surface area contributed by atoms with Gasteiger partial charge < -0.3 is 0 Å². The number of hydroxylamine groups is 8. The van der Waals surface area contributed by atoms with Crippen molar-refractivity contribution in [2.45, 2.75) is 0 Å². The third-order valence-corrected chi connectivity index (χ3v) is 4.03. The smallest absolute Gasteiger partial charge is 0.103 e. The van der Waals surface area contributed by atoms with Gasteiger partial charge in [0.2, 0.25) is 49.4 Å². The molecule has 5 saturated heterocycles. The first kappa shape index (κ1) is 33.8. The fourth-order valence-electron chi connectivity index (χ4n) is 3.55. The Morgan fingerprint density at radius 1 is 0.205 bits per heavy atom. The van der Waals surface area contributed by atoms with E-state index in [9.17, 15) is 0 Å². The summed E-state index contributed by atoms with van der Waals surface area (Å²) in [6.45, 7) is 0. The summed E-state index contributed by atoms with van der Waals surface area (Å²) in [5.41, 5.74) is 0. The summed E-state index contributed by atoms with van der Waals surface area (Å²) >= 11 is 0. The van der Waals surface area contributed by atoms with Crippen LogP contribution < -0.4 is 70.1 Å². The van der Waals surface area contributed by atoms with Crippen molar-refractivity contribution in [2.24, 2.45) is 70.1 Å². The van der Waals surface area contributed by atoms with E-state index in [4.69, 9.17) is 149 Å². The molecule has 40 heteroatoms. The number of hydrogen-bond donors (Lipinski definition) is 12. The van der Waals surface area contributed by atoms with E-state index in [-0.39, 0.29) is 0 Å². The summed E-state index contributed by atoms with van der Waals surface area (Å²) in [5.74, 6) is 70.8. The maximum absolute atomic E-state index is 5.97.